The van der Waals surface area contributed by atoms with Crippen LogP contribution >= 0.6 is 0 Å². The van der Waals surface area contributed by atoms with Crippen molar-refractivity contribution in [3.8, 4) is 0 Å². The van der Waals surface area contributed by atoms with Gasteiger partial charge in [0.2, 0.25) is 0 Å². The number of aromatic nitrogens is 2. The van der Waals surface area contributed by atoms with E-state index in [-0.39, 0.29) is 11.5 Å². The van der Waals surface area contributed by atoms with Gasteiger partial charge < -0.3 is 19.5 Å². The number of likely N-dealkylation sites (tertiary alicyclic amines) is 1. The van der Waals surface area contributed by atoms with Crippen molar-refractivity contribution in [3.05, 3.63) is 41.4 Å². The molecule has 0 unspecified atom stereocenters. The Labute approximate surface area is 152 Å². The third kappa shape index (κ3) is 2.96. The van der Waals surface area contributed by atoms with Gasteiger partial charge in [0.25, 0.3) is 5.91 Å². The molecule has 7 nitrogen and oxygen atoms in total. The number of carbonyl (C=O) groups excluding carboxylic acids is 1. The van der Waals surface area contributed by atoms with E-state index in [2.05, 4.69) is 15.5 Å². The topological polar surface area (TPSA) is 80.5 Å². The third-order valence-corrected chi connectivity index (χ3v) is 5.52. The summed E-state index contributed by atoms with van der Waals surface area (Å²) in [5.74, 6) is 1.92. The van der Waals surface area contributed by atoms with Crippen molar-refractivity contribution in [2.24, 2.45) is 5.92 Å². The van der Waals surface area contributed by atoms with Gasteiger partial charge in [0.15, 0.2) is 0 Å². The number of pyridine rings is 1. The monoisotopic (exact) mass is 356 g/mol. The van der Waals surface area contributed by atoms with Crippen LogP contribution in [0.2, 0.25) is 0 Å². The van der Waals surface area contributed by atoms with Crippen molar-refractivity contribution in [3.63, 3.8) is 0 Å². The third-order valence-electron chi connectivity index (χ3n) is 5.52. The number of nitrogens with zero attached hydrogens (tertiary/aromatic N) is 3. The maximum absolute atomic E-state index is 12.7. The van der Waals surface area contributed by atoms with Crippen LogP contribution in [0.3, 0.4) is 0 Å². The molecule has 1 N–H and O–H groups in total. The standard InChI is InChI=1S/C19H24N4O3/c1-13-17(14(2)26-22-13)18(24)23-11-19(12-23)15(7-10-25-19)6-9-21-16-5-3-4-8-20-16/h3-5,8,15H,6-7,9-12H2,1-2H3,(H,20,21)/t15-/m0/s1. The highest BCUT2D eigenvalue weighted by molar-refractivity contribution is 5.96. The Morgan fingerprint density at radius 2 is 2.23 bits per heavy atom. The molecule has 2 aliphatic rings. The molecule has 1 atom stereocenters. The van der Waals surface area contributed by atoms with Gasteiger partial charge in [0.05, 0.1) is 18.8 Å². The number of carbonyl (C=O) groups is 1. The number of anilines is 1. The maximum atomic E-state index is 12.7. The summed E-state index contributed by atoms with van der Waals surface area (Å²) < 4.78 is 11.2. The number of hydrogen-bond acceptors (Lipinski definition) is 6. The number of nitrogens with one attached hydrogen (secondary N) is 1. The molecule has 1 spiro atoms. The number of ether oxygens (including phenoxy) is 1. The van der Waals surface area contributed by atoms with Gasteiger partial charge in [-0.05, 0) is 44.7 Å². The second-order valence-corrected chi connectivity index (χ2v) is 7.19. The van der Waals surface area contributed by atoms with Gasteiger partial charge in [-0.2, -0.15) is 0 Å². The van der Waals surface area contributed by atoms with E-state index in [0.717, 1.165) is 31.8 Å². The molecule has 0 radical (unpaired) electrons. The van der Waals surface area contributed by atoms with Crippen molar-refractivity contribution >= 4 is 11.7 Å². The Hall–Kier alpha value is -2.41. The van der Waals surface area contributed by atoms with Crippen LogP contribution in [0, 0.1) is 19.8 Å². The van der Waals surface area contributed by atoms with Gasteiger partial charge in [-0.1, -0.05) is 11.2 Å². The summed E-state index contributed by atoms with van der Waals surface area (Å²) in [6.45, 7) is 6.49. The fourth-order valence-electron chi connectivity index (χ4n) is 4.07. The van der Waals surface area contributed by atoms with Crippen molar-refractivity contribution < 1.29 is 14.1 Å². The Balaban J connectivity index is 1.34. The lowest BCUT2D eigenvalue weighted by atomic mass is 9.78. The molecule has 26 heavy (non-hydrogen) atoms. The summed E-state index contributed by atoms with van der Waals surface area (Å²) in [6.07, 6.45) is 3.83. The molecule has 2 aromatic heterocycles. The summed E-state index contributed by atoms with van der Waals surface area (Å²) in [6, 6.07) is 5.85. The normalized spacial score (nSPS) is 21.0. The van der Waals surface area contributed by atoms with E-state index in [4.69, 9.17) is 9.26 Å². The summed E-state index contributed by atoms with van der Waals surface area (Å²) in [5.41, 5.74) is 1.04. The summed E-state index contributed by atoms with van der Waals surface area (Å²) >= 11 is 0. The first-order chi connectivity index (χ1) is 12.6. The highest BCUT2D eigenvalue weighted by Gasteiger charge is 2.54. The van der Waals surface area contributed by atoms with Crippen LogP contribution in [0.4, 0.5) is 5.82 Å². The van der Waals surface area contributed by atoms with Crippen LogP contribution < -0.4 is 5.32 Å². The van der Waals surface area contributed by atoms with Gasteiger partial charge in [-0.15, -0.1) is 0 Å². The van der Waals surface area contributed by atoms with Crippen LogP contribution in [0.25, 0.3) is 0 Å². The van der Waals surface area contributed by atoms with E-state index < -0.39 is 0 Å². The lowest BCUT2D eigenvalue weighted by Crippen LogP contribution is -2.66. The molecule has 4 heterocycles. The Morgan fingerprint density at radius 3 is 2.92 bits per heavy atom. The molecule has 0 aromatic carbocycles. The smallest absolute Gasteiger partial charge is 0.259 e. The molecule has 0 saturated carbocycles. The van der Waals surface area contributed by atoms with Crippen molar-refractivity contribution in [1.82, 2.24) is 15.0 Å². The number of amides is 1. The molecule has 2 aliphatic heterocycles. The second kappa shape index (κ2) is 6.72. The molecule has 2 aromatic rings. The second-order valence-electron chi connectivity index (χ2n) is 7.19. The molecule has 0 aliphatic carbocycles. The minimum Gasteiger partial charge on any atom is -0.371 e. The molecule has 4 rings (SSSR count). The lowest BCUT2D eigenvalue weighted by molar-refractivity contribution is -0.117. The Kier molecular flexibility index (Phi) is 4.40. The number of rotatable bonds is 5. The lowest BCUT2D eigenvalue weighted by Gasteiger charge is -2.50. The van der Waals surface area contributed by atoms with E-state index in [1.54, 1.807) is 20.0 Å². The first-order valence-electron chi connectivity index (χ1n) is 9.10. The van der Waals surface area contributed by atoms with Crippen LogP contribution in [0.15, 0.2) is 28.9 Å². The summed E-state index contributed by atoms with van der Waals surface area (Å²) in [4.78, 5) is 18.9. The Morgan fingerprint density at radius 1 is 1.38 bits per heavy atom. The average molecular weight is 356 g/mol. The predicted octanol–water partition coefficient (Wildman–Crippen LogP) is 2.42. The number of aryl methyl sites for hydroxylation is 2. The largest absolute Gasteiger partial charge is 0.371 e. The van der Waals surface area contributed by atoms with E-state index in [0.29, 0.717) is 36.0 Å². The zero-order valence-corrected chi connectivity index (χ0v) is 15.2. The highest BCUT2D eigenvalue weighted by atomic mass is 16.5. The van der Waals surface area contributed by atoms with E-state index >= 15 is 0 Å². The van der Waals surface area contributed by atoms with E-state index in [1.165, 1.54) is 0 Å². The molecule has 138 valence electrons. The first-order valence-corrected chi connectivity index (χ1v) is 9.10. The fraction of sp³-hybridized carbons (Fsp3) is 0.526. The van der Waals surface area contributed by atoms with Gasteiger partial charge in [-0.3, -0.25) is 4.79 Å². The quantitative estimate of drug-likeness (QED) is 0.886. The fourth-order valence-corrected chi connectivity index (χ4v) is 4.07. The number of hydrogen-bond donors (Lipinski definition) is 1. The molecule has 1 amide bonds. The minimum absolute atomic E-state index is 0.00673. The van der Waals surface area contributed by atoms with Crippen molar-refractivity contribution in [2.75, 3.05) is 31.6 Å². The summed E-state index contributed by atoms with van der Waals surface area (Å²) in [5, 5.41) is 7.24. The van der Waals surface area contributed by atoms with Gasteiger partial charge in [0, 0.05) is 19.3 Å². The molecule has 7 heteroatoms. The first kappa shape index (κ1) is 17.0. The SMILES string of the molecule is Cc1noc(C)c1C(=O)N1CC2(C1)OCC[C@@H]2CCNc1ccccn1. The molecular formula is C19H24N4O3. The minimum atomic E-state index is -0.194. The van der Waals surface area contributed by atoms with Crippen LogP contribution in [-0.2, 0) is 4.74 Å². The van der Waals surface area contributed by atoms with E-state index in [9.17, 15) is 4.79 Å². The van der Waals surface area contributed by atoms with Gasteiger partial charge in [0.1, 0.15) is 22.7 Å². The summed E-state index contributed by atoms with van der Waals surface area (Å²) in [7, 11) is 0. The molecule has 2 fully saturated rings. The van der Waals surface area contributed by atoms with Crippen LogP contribution in [-0.4, -0.2) is 52.8 Å². The maximum Gasteiger partial charge on any atom is 0.259 e. The van der Waals surface area contributed by atoms with Gasteiger partial charge in [-0.25, -0.2) is 4.98 Å². The van der Waals surface area contributed by atoms with Crippen LogP contribution in [0.5, 0.6) is 0 Å². The van der Waals surface area contributed by atoms with Crippen molar-refractivity contribution in [2.45, 2.75) is 32.3 Å². The van der Waals surface area contributed by atoms with Crippen molar-refractivity contribution in [1.29, 1.82) is 0 Å². The molecule has 0 bridgehead atoms. The zero-order chi connectivity index (χ0) is 18.1. The zero-order valence-electron chi connectivity index (χ0n) is 15.2. The highest BCUT2D eigenvalue weighted by Crippen LogP contribution is 2.42. The Bertz CT molecular complexity index is 764. The average Bonchev–Trinajstić information content (AvgIpc) is 3.17. The molecule has 2 saturated heterocycles. The predicted molar refractivity (Wildman–Crippen MR) is 96.0 cm³/mol. The van der Waals surface area contributed by atoms with E-state index in [1.807, 2.05) is 23.1 Å². The molecular weight excluding hydrogens is 332 g/mol. The van der Waals surface area contributed by atoms with Crippen LogP contribution in [0.1, 0.15) is 34.7 Å². The van der Waals surface area contributed by atoms with Gasteiger partial charge >= 0.3 is 0 Å².